The van der Waals surface area contributed by atoms with Crippen LogP contribution >= 0.6 is 11.8 Å². The quantitative estimate of drug-likeness (QED) is 0.774. The average Bonchev–Trinajstić information content (AvgIpc) is 2.68. The van der Waals surface area contributed by atoms with Gasteiger partial charge in [-0.05, 0) is 24.8 Å². The maximum atomic E-state index is 13.1. The third-order valence-corrected chi connectivity index (χ3v) is 6.86. The summed E-state index contributed by atoms with van der Waals surface area (Å²) in [5, 5.41) is 14.4. The van der Waals surface area contributed by atoms with E-state index in [4.69, 9.17) is 9.47 Å². The number of anilines is 1. The minimum absolute atomic E-state index is 0.00421. The molecular formula is C19H26N2O4S. The Balaban J connectivity index is 1.58. The van der Waals surface area contributed by atoms with Crippen LogP contribution in [0.1, 0.15) is 12.8 Å². The summed E-state index contributed by atoms with van der Waals surface area (Å²) in [5.41, 5.74) is 0.0337. The lowest BCUT2D eigenvalue weighted by molar-refractivity contribution is -0.211. The predicted molar refractivity (Wildman–Crippen MR) is 101 cm³/mol. The molecule has 0 radical (unpaired) electrons. The Kier molecular flexibility index (Phi) is 5.14. The summed E-state index contributed by atoms with van der Waals surface area (Å²) < 4.78 is 11.3. The number of nitrogens with one attached hydrogen (secondary N) is 1. The normalized spacial score (nSPS) is 33.9. The van der Waals surface area contributed by atoms with E-state index in [9.17, 15) is 9.90 Å². The van der Waals surface area contributed by atoms with E-state index in [1.165, 1.54) is 0 Å². The summed E-state index contributed by atoms with van der Waals surface area (Å²) in [5.74, 6) is -0.124. The van der Waals surface area contributed by atoms with E-state index < -0.39 is 5.60 Å². The molecule has 3 aliphatic heterocycles. The van der Waals surface area contributed by atoms with E-state index in [1.807, 2.05) is 35.4 Å². The van der Waals surface area contributed by atoms with Crippen LogP contribution < -0.4 is 5.32 Å². The Morgan fingerprint density at radius 3 is 2.96 bits per heavy atom. The summed E-state index contributed by atoms with van der Waals surface area (Å²) in [7, 11) is 0. The number of ether oxygens (including phenoxy) is 2. The molecule has 0 saturated carbocycles. The third kappa shape index (κ3) is 3.11. The third-order valence-electron chi connectivity index (χ3n) is 6.06. The van der Waals surface area contributed by atoms with Gasteiger partial charge < -0.3 is 24.8 Å². The van der Waals surface area contributed by atoms with Crippen molar-refractivity contribution < 1.29 is 19.4 Å². The van der Waals surface area contributed by atoms with Gasteiger partial charge in [-0.15, -0.1) is 11.8 Å². The molecule has 4 atom stereocenters. The van der Waals surface area contributed by atoms with Gasteiger partial charge in [0.1, 0.15) is 0 Å². The number of amides is 2. The molecule has 1 aromatic carbocycles. The van der Waals surface area contributed by atoms with E-state index in [0.717, 1.165) is 17.0 Å². The van der Waals surface area contributed by atoms with Crippen molar-refractivity contribution in [2.24, 2.45) is 11.8 Å². The van der Waals surface area contributed by atoms with Crippen molar-refractivity contribution in [2.45, 2.75) is 29.4 Å². The van der Waals surface area contributed by atoms with E-state index in [1.54, 1.807) is 11.8 Å². The van der Waals surface area contributed by atoms with Crippen LogP contribution in [-0.4, -0.2) is 66.9 Å². The van der Waals surface area contributed by atoms with Crippen LogP contribution in [0.25, 0.3) is 0 Å². The number of piperidine rings is 1. The molecule has 3 aliphatic rings. The van der Waals surface area contributed by atoms with E-state index >= 15 is 0 Å². The standard InChI is InChI=1S/C19H26N2O4S/c1-26-17-5-3-2-4-15(17)20-18(22)21-10-13-11-25-9-7-19(13,23)14-12-24-8-6-16(14)21/h2-5,13-14,16,23H,6-12H2,1H3,(H,20,22)/t13-,14+,16-,19-/m0/s1. The number of urea groups is 1. The zero-order valence-corrected chi connectivity index (χ0v) is 15.8. The lowest BCUT2D eigenvalue weighted by Gasteiger charge is -2.56. The molecule has 2 amide bonds. The molecule has 0 bridgehead atoms. The fraction of sp³-hybridized carbons (Fsp3) is 0.632. The summed E-state index contributed by atoms with van der Waals surface area (Å²) in [6, 6.07) is 7.73. The number of likely N-dealkylation sites (tertiary alicyclic amines) is 1. The SMILES string of the molecule is CSc1ccccc1NC(=O)N1C[C@H]2COCC[C@@]2(O)[C@@H]2COCC[C@@H]21. The van der Waals surface area contributed by atoms with Crippen LogP contribution in [0.3, 0.4) is 0 Å². The minimum Gasteiger partial charge on any atom is -0.389 e. The molecule has 6 nitrogen and oxygen atoms in total. The second-order valence-corrected chi connectivity index (χ2v) is 8.18. The Morgan fingerprint density at radius 1 is 1.31 bits per heavy atom. The maximum absolute atomic E-state index is 13.1. The number of thioether (sulfide) groups is 1. The van der Waals surface area contributed by atoms with Crippen molar-refractivity contribution in [3.05, 3.63) is 24.3 Å². The topological polar surface area (TPSA) is 71.0 Å². The first-order valence-electron chi connectivity index (χ1n) is 9.22. The molecule has 142 valence electrons. The molecule has 7 heteroatoms. The first kappa shape index (κ1) is 18.1. The number of aliphatic hydroxyl groups is 1. The molecular weight excluding hydrogens is 352 g/mol. The largest absolute Gasteiger partial charge is 0.389 e. The molecule has 3 heterocycles. The molecule has 4 rings (SSSR count). The number of nitrogens with zero attached hydrogens (tertiary/aromatic N) is 1. The number of carbonyl (C=O) groups is 1. The number of hydrogen-bond acceptors (Lipinski definition) is 5. The highest BCUT2D eigenvalue weighted by Gasteiger charge is 2.56. The van der Waals surface area contributed by atoms with Gasteiger partial charge in [-0.25, -0.2) is 4.79 Å². The fourth-order valence-electron chi connectivity index (χ4n) is 4.63. The van der Waals surface area contributed by atoms with Gasteiger partial charge in [-0.2, -0.15) is 0 Å². The number of rotatable bonds is 2. The van der Waals surface area contributed by atoms with Gasteiger partial charge >= 0.3 is 6.03 Å². The number of hydrogen-bond donors (Lipinski definition) is 2. The zero-order valence-electron chi connectivity index (χ0n) is 15.0. The predicted octanol–water partition coefficient (Wildman–Crippen LogP) is 2.43. The van der Waals surface area contributed by atoms with E-state index in [2.05, 4.69) is 5.32 Å². The lowest BCUT2D eigenvalue weighted by atomic mass is 9.66. The van der Waals surface area contributed by atoms with Crippen molar-refractivity contribution in [1.82, 2.24) is 4.90 Å². The molecule has 0 unspecified atom stereocenters. The summed E-state index contributed by atoms with van der Waals surface area (Å²) in [4.78, 5) is 16.1. The fourth-order valence-corrected chi connectivity index (χ4v) is 5.18. The molecule has 0 aromatic heterocycles. The minimum atomic E-state index is -0.794. The number of benzene rings is 1. The van der Waals surface area contributed by atoms with E-state index in [-0.39, 0.29) is 23.9 Å². The molecule has 2 N–H and O–H groups in total. The van der Waals surface area contributed by atoms with Crippen molar-refractivity contribution >= 4 is 23.5 Å². The van der Waals surface area contributed by atoms with Crippen LogP contribution in [0.4, 0.5) is 10.5 Å². The van der Waals surface area contributed by atoms with Crippen LogP contribution in [0, 0.1) is 11.8 Å². The van der Waals surface area contributed by atoms with Crippen molar-refractivity contribution in [1.29, 1.82) is 0 Å². The molecule has 0 aliphatic carbocycles. The smallest absolute Gasteiger partial charge is 0.322 e. The van der Waals surface area contributed by atoms with Gasteiger partial charge in [0.25, 0.3) is 0 Å². The van der Waals surface area contributed by atoms with Gasteiger partial charge in [-0.1, -0.05) is 12.1 Å². The molecule has 3 saturated heterocycles. The van der Waals surface area contributed by atoms with Crippen LogP contribution in [-0.2, 0) is 9.47 Å². The van der Waals surface area contributed by atoms with Crippen LogP contribution in [0.2, 0.25) is 0 Å². The lowest BCUT2D eigenvalue weighted by Crippen LogP contribution is -2.69. The monoisotopic (exact) mass is 378 g/mol. The highest BCUT2D eigenvalue weighted by Crippen LogP contribution is 2.44. The Labute approximate surface area is 158 Å². The molecule has 3 fully saturated rings. The summed E-state index contributed by atoms with van der Waals surface area (Å²) in [6.45, 7) is 2.71. The number of fused-ring (bicyclic) bond motifs is 3. The van der Waals surface area contributed by atoms with Crippen LogP contribution in [0.15, 0.2) is 29.2 Å². The second-order valence-electron chi connectivity index (χ2n) is 7.33. The van der Waals surface area contributed by atoms with Gasteiger partial charge in [-0.3, -0.25) is 0 Å². The summed E-state index contributed by atoms with van der Waals surface area (Å²) in [6.07, 6.45) is 3.38. The van der Waals surface area contributed by atoms with Gasteiger partial charge in [0.05, 0.1) is 24.5 Å². The summed E-state index contributed by atoms with van der Waals surface area (Å²) >= 11 is 1.61. The Bertz CT molecular complexity index is 673. The molecule has 0 spiro atoms. The first-order valence-corrected chi connectivity index (χ1v) is 10.4. The highest BCUT2D eigenvalue weighted by atomic mass is 32.2. The molecule has 26 heavy (non-hydrogen) atoms. The molecule has 1 aromatic rings. The van der Waals surface area contributed by atoms with Gasteiger partial charge in [0, 0.05) is 49.0 Å². The van der Waals surface area contributed by atoms with Crippen molar-refractivity contribution in [3.63, 3.8) is 0 Å². The van der Waals surface area contributed by atoms with Crippen molar-refractivity contribution in [2.75, 3.05) is 44.5 Å². The Hall–Kier alpha value is -1.28. The highest BCUT2D eigenvalue weighted by molar-refractivity contribution is 7.98. The average molecular weight is 378 g/mol. The zero-order chi connectivity index (χ0) is 18.1. The number of carbonyl (C=O) groups excluding carboxylic acids is 1. The Morgan fingerprint density at radius 2 is 2.12 bits per heavy atom. The number of para-hydroxylation sites is 1. The van der Waals surface area contributed by atoms with Crippen molar-refractivity contribution in [3.8, 4) is 0 Å². The van der Waals surface area contributed by atoms with E-state index in [0.29, 0.717) is 39.4 Å². The first-order chi connectivity index (χ1) is 12.6. The maximum Gasteiger partial charge on any atom is 0.322 e. The van der Waals surface area contributed by atoms with Gasteiger partial charge in [0.15, 0.2) is 0 Å². The second kappa shape index (κ2) is 7.38. The van der Waals surface area contributed by atoms with Gasteiger partial charge in [0.2, 0.25) is 0 Å². The van der Waals surface area contributed by atoms with Crippen LogP contribution in [0.5, 0.6) is 0 Å².